The van der Waals surface area contributed by atoms with Crippen LogP contribution in [0.3, 0.4) is 0 Å². The molecule has 0 radical (unpaired) electrons. The first-order chi connectivity index (χ1) is 7.43. The molecule has 16 heavy (non-hydrogen) atoms. The van der Waals surface area contributed by atoms with Crippen molar-refractivity contribution in [2.75, 3.05) is 6.61 Å². The molecule has 1 atom stereocenters. The van der Waals surface area contributed by atoms with Gasteiger partial charge in [0.2, 0.25) is 5.89 Å². The number of aliphatic hydroxyl groups excluding tert-OH is 1. The summed E-state index contributed by atoms with van der Waals surface area (Å²) in [6.45, 7) is 8.68. The summed E-state index contributed by atoms with van der Waals surface area (Å²) < 4.78 is 5.68. The molecule has 1 N–H and O–H groups in total. The number of oxazole rings is 1. The van der Waals surface area contributed by atoms with Crippen LogP contribution in [0.1, 0.15) is 45.8 Å². The van der Waals surface area contributed by atoms with Crippen LogP contribution in [0.15, 0.2) is 10.6 Å². The molecule has 0 fully saturated rings. The highest BCUT2D eigenvalue weighted by molar-refractivity contribution is 7.99. The SMILES string of the molecule is CC(CCO)SCc1ncc(C(C)(C)C)o1. The second-order valence-corrected chi connectivity index (χ2v) is 6.43. The molecule has 0 bridgehead atoms. The molecule has 1 aromatic heterocycles. The number of nitrogens with zero attached hydrogens (tertiary/aromatic N) is 1. The van der Waals surface area contributed by atoms with Gasteiger partial charge < -0.3 is 9.52 Å². The van der Waals surface area contributed by atoms with E-state index in [1.54, 1.807) is 11.8 Å². The summed E-state index contributed by atoms with van der Waals surface area (Å²) in [5.74, 6) is 2.48. The van der Waals surface area contributed by atoms with Crippen molar-refractivity contribution in [3.8, 4) is 0 Å². The first-order valence-electron chi connectivity index (χ1n) is 5.61. The Hall–Kier alpha value is -0.480. The van der Waals surface area contributed by atoms with Crippen molar-refractivity contribution in [2.24, 2.45) is 0 Å². The van der Waals surface area contributed by atoms with Gasteiger partial charge in [-0.05, 0) is 6.42 Å². The molecule has 0 saturated carbocycles. The predicted octanol–water partition coefficient (Wildman–Crippen LogP) is 2.98. The minimum Gasteiger partial charge on any atom is -0.444 e. The molecule has 1 heterocycles. The molecule has 1 unspecified atom stereocenters. The third kappa shape index (κ3) is 4.18. The van der Waals surface area contributed by atoms with Crippen molar-refractivity contribution in [3.63, 3.8) is 0 Å². The van der Waals surface area contributed by atoms with E-state index in [2.05, 4.69) is 32.7 Å². The van der Waals surface area contributed by atoms with Crippen LogP contribution in [0, 0.1) is 0 Å². The molecule has 0 aliphatic carbocycles. The topological polar surface area (TPSA) is 46.3 Å². The maximum atomic E-state index is 8.79. The van der Waals surface area contributed by atoms with Gasteiger partial charge in [-0.1, -0.05) is 27.7 Å². The monoisotopic (exact) mass is 243 g/mol. The molecular formula is C12H21NO2S. The third-order valence-corrected chi connectivity index (χ3v) is 3.54. The summed E-state index contributed by atoms with van der Waals surface area (Å²) in [4.78, 5) is 4.26. The Kier molecular flexibility index (Phi) is 4.87. The smallest absolute Gasteiger partial charge is 0.204 e. The second-order valence-electron chi connectivity index (χ2n) is 5.00. The van der Waals surface area contributed by atoms with Crippen LogP contribution in [0.5, 0.6) is 0 Å². The molecule has 0 amide bonds. The van der Waals surface area contributed by atoms with Crippen LogP contribution >= 0.6 is 11.8 Å². The van der Waals surface area contributed by atoms with E-state index in [1.165, 1.54) is 0 Å². The highest BCUT2D eigenvalue weighted by Crippen LogP contribution is 2.25. The fourth-order valence-corrected chi connectivity index (χ4v) is 2.04. The van der Waals surface area contributed by atoms with E-state index in [1.807, 2.05) is 6.20 Å². The van der Waals surface area contributed by atoms with E-state index in [-0.39, 0.29) is 12.0 Å². The van der Waals surface area contributed by atoms with E-state index < -0.39 is 0 Å². The molecule has 0 aromatic carbocycles. The molecule has 0 saturated heterocycles. The van der Waals surface area contributed by atoms with Gasteiger partial charge in [0, 0.05) is 17.3 Å². The van der Waals surface area contributed by atoms with Gasteiger partial charge in [-0.25, -0.2) is 4.98 Å². The summed E-state index contributed by atoms with van der Waals surface area (Å²) in [6.07, 6.45) is 2.63. The lowest BCUT2D eigenvalue weighted by atomic mass is 9.94. The van der Waals surface area contributed by atoms with Crippen LogP contribution < -0.4 is 0 Å². The summed E-state index contributed by atoms with van der Waals surface area (Å²) in [6, 6.07) is 0. The number of hydrogen-bond donors (Lipinski definition) is 1. The first-order valence-corrected chi connectivity index (χ1v) is 6.66. The van der Waals surface area contributed by atoms with Gasteiger partial charge in [0.25, 0.3) is 0 Å². The average Bonchev–Trinajstić information content (AvgIpc) is 2.63. The van der Waals surface area contributed by atoms with Crippen molar-refractivity contribution in [1.82, 2.24) is 4.98 Å². The third-order valence-electron chi connectivity index (χ3n) is 2.32. The summed E-state index contributed by atoms with van der Waals surface area (Å²) in [7, 11) is 0. The van der Waals surface area contributed by atoms with Gasteiger partial charge in [0.15, 0.2) is 0 Å². The Bertz CT molecular complexity index is 317. The van der Waals surface area contributed by atoms with Gasteiger partial charge in [-0.2, -0.15) is 0 Å². The molecule has 0 spiro atoms. The van der Waals surface area contributed by atoms with Gasteiger partial charge in [-0.3, -0.25) is 0 Å². The van der Waals surface area contributed by atoms with Crippen molar-refractivity contribution in [2.45, 2.75) is 50.5 Å². The Morgan fingerprint density at radius 2 is 2.19 bits per heavy atom. The molecular weight excluding hydrogens is 222 g/mol. The van der Waals surface area contributed by atoms with E-state index in [4.69, 9.17) is 9.52 Å². The zero-order valence-electron chi connectivity index (χ0n) is 10.5. The maximum Gasteiger partial charge on any atom is 0.204 e. The van der Waals surface area contributed by atoms with Gasteiger partial charge in [-0.15, -0.1) is 11.8 Å². The lowest BCUT2D eigenvalue weighted by Crippen LogP contribution is -2.09. The van der Waals surface area contributed by atoms with Gasteiger partial charge in [0.1, 0.15) is 5.76 Å². The van der Waals surface area contributed by atoms with E-state index in [0.29, 0.717) is 5.25 Å². The molecule has 1 aromatic rings. The van der Waals surface area contributed by atoms with E-state index >= 15 is 0 Å². The van der Waals surface area contributed by atoms with Gasteiger partial charge in [0.05, 0.1) is 11.9 Å². The summed E-state index contributed by atoms with van der Waals surface area (Å²) in [5.41, 5.74) is 0.0205. The van der Waals surface area contributed by atoms with E-state index in [0.717, 1.165) is 23.8 Å². The van der Waals surface area contributed by atoms with Crippen molar-refractivity contribution in [3.05, 3.63) is 17.8 Å². The van der Waals surface area contributed by atoms with Crippen molar-refractivity contribution in [1.29, 1.82) is 0 Å². The summed E-state index contributed by atoms with van der Waals surface area (Å²) >= 11 is 1.76. The number of thioether (sulfide) groups is 1. The fourth-order valence-electron chi connectivity index (χ4n) is 1.20. The highest BCUT2D eigenvalue weighted by atomic mass is 32.2. The lowest BCUT2D eigenvalue weighted by Gasteiger charge is -2.13. The van der Waals surface area contributed by atoms with Crippen LogP contribution in [0.25, 0.3) is 0 Å². The van der Waals surface area contributed by atoms with Gasteiger partial charge >= 0.3 is 0 Å². The molecule has 0 aliphatic rings. The van der Waals surface area contributed by atoms with Crippen LogP contribution in [0.2, 0.25) is 0 Å². The standard InChI is InChI=1S/C12H21NO2S/c1-9(5-6-14)16-8-11-13-7-10(15-11)12(2,3)4/h7,9,14H,5-6,8H2,1-4H3. The zero-order chi connectivity index (χ0) is 12.2. The Morgan fingerprint density at radius 3 is 2.69 bits per heavy atom. The highest BCUT2D eigenvalue weighted by Gasteiger charge is 2.19. The molecule has 4 heteroatoms. The van der Waals surface area contributed by atoms with Crippen LogP contribution in [-0.4, -0.2) is 21.9 Å². The van der Waals surface area contributed by atoms with Crippen LogP contribution in [-0.2, 0) is 11.2 Å². The fraction of sp³-hybridized carbons (Fsp3) is 0.750. The predicted molar refractivity (Wildman–Crippen MR) is 67.7 cm³/mol. The Labute approximate surface area is 102 Å². The van der Waals surface area contributed by atoms with Crippen molar-refractivity contribution >= 4 is 11.8 Å². The van der Waals surface area contributed by atoms with Crippen LogP contribution in [0.4, 0.5) is 0 Å². The largest absolute Gasteiger partial charge is 0.444 e. The summed E-state index contributed by atoms with van der Waals surface area (Å²) in [5, 5.41) is 9.23. The number of rotatable bonds is 5. The lowest BCUT2D eigenvalue weighted by molar-refractivity contribution is 0.289. The minimum absolute atomic E-state index is 0.0205. The molecule has 3 nitrogen and oxygen atoms in total. The van der Waals surface area contributed by atoms with E-state index in [9.17, 15) is 0 Å². The quantitative estimate of drug-likeness (QED) is 0.863. The Morgan fingerprint density at radius 1 is 1.50 bits per heavy atom. The maximum absolute atomic E-state index is 8.79. The minimum atomic E-state index is 0.0205. The molecule has 0 aliphatic heterocycles. The zero-order valence-corrected chi connectivity index (χ0v) is 11.3. The van der Waals surface area contributed by atoms with Crippen molar-refractivity contribution < 1.29 is 9.52 Å². The number of hydrogen-bond acceptors (Lipinski definition) is 4. The molecule has 92 valence electrons. The number of aliphatic hydroxyl groups is 1. The Balaban J connectivity index is 2.47. The number of aromatic nitrogens is 1. The normalized spacial score (nSPS) is 14.1. The average molecular weight is 243 g/mol. The second kappa shape index (κ2) is 5.73. The molecule has 1 rings (SSSR count). The first kappa shape index (κ1) is 13.6.